The van der Waals surface area contributed by atoms with Crippen molar-refractivity contribution in [2.75, 3.05) is 47.5 Å². The lowest BCUT2D eigenvalue weighted by Gasteiger charge is -2.24. The molecule has 9 nitrogen and oxygen atoms in total. The molecule has 2 atom stereocenters. The number of quaternary nitrogens is 1. The highest BCUT2D eigenvalue weighted by molar-refractivity contribution is 7.47. The number of esters is 2. The molecular formula is C56H97NO8P+. The second kappa shape index (κ2) is 47.0. The van der Waals surface area contributed by atoms with Gasteiger partial charge in [-0.05, 0) is 96.3 Å². The van der Waals surface area contributed by atoms with Crippen molar-refractivity contribution in [2.45, 2.75) is 200 Å². The lowest BCUT2D eigenvalue weighted by molar-refractivity contribution is -0.870. The van der Waals surface area contributed by atoms with Gasteiger partial charge in [0.2, 0.25) is 0 Å². The van der Waals surface area contributed by atoms with Crippen LogP contribution in [0.15, 0.2) is 97.2 Å². The Bertz CT molecular complexity index is 1440. The maximum Gasteiger partial charge on any atom is 0.472 e. The van der Waals surface area contributed by atoms with Crippen molar-refractivity contribution in [3.8, 4) is 0 Å². The summed E-state index contributed by atoms with van der Waals surface area (Å²) in [6.45, 7) is 4.25. The fraction of sp³-hybridized carbons (Fsp3) is 0.679. The molecule has 10 heteroatoms. The summed E-state index contributed by atoms with van der Waals surface area (Å²) in [5.74, 6) is -0.847. The fourth-order valence-electron chi connectivity index (χ4n) is 6.58. The number of rotatable bonds is 46. The van der Waals surface area contributed by atoms with Gasteiger partial charge in [-0.1, -0.05) is 182 Å². The Morgan fingerprint density at radius 3 is 1.32 bits per heavy atom. The van der Waals surface area contributed by atoms with Crippen LogP contribution in [0.25, 0.3) is 0 Å². The number of unbranched alkanes of at least 4 members (excludes halogenated alkanes) is 16. The summed E-state index contributed by atoms with van der Waals surface area (Å²) >= 11 is 0. The minimum atomic E-state index is -4.40. The average molecular weight is 943 g/mol. The van der Waals surface area contributed by atoms with E-state index in [2.05, 4.69) is 111 Å². The van der Waals surface area contributed by atoms with Crippen molar-refractivity contribution >= 4 is 19.8 Å². The quantitative estimate of drug-likeness (QED) is 0.0211. The van der Waals surface area contributed by atoms with Gasteiger partial charge < -0.3 is 18.9 Å². The SMILES string of the molecule is CC/C=C\C/C=C\C/C=C\C/C=C\C/C=C\C/C=C\C/C=C\CCCCCC(=O)OC(COC(=O)CCCCCCCCC/C=C\CCCCCCCC)COP(=O)(O)OCC[N+](C)(C)C. The summed E-state index contributed by atoms with van der Waals surface area (Å²) in [6.07, 6.45) is 63.2. The van der Waals surface area contributed by atoms with Crippen molar-refractivity contribution in [2.24, 2.45) is 0 Å². The van der Waals surface area contributed by atoms with E-state index in [1.807, 2.05) is 21.1 Å². The number of hydrogen-bond donors (Lipinski definition) is 1. The number of likely N-dealkylation sites (N-methyl/N-ethyl adjacent to an activating group) is 1. The molecule has 0 saturated heterocycles. The molecule has 0 radical (unpaired) electrons. The summed E-state index contributed by atoms with van der Waals surface area (Å²) in [4.78, 5) is 35.6. The normalized spacial score (nSPS) is 14.2. The molecule has 1 N–H and O–H groups in total. The molecule has 0 rings (SSSR count). The van der Waals surface area contributed by atoms with E-state index in [1.165, 1.54) is 64.2 Å². The first-order valence-electron chi connectivity index (χ1n) is 26.0. The summed E-state index contributed by atoms with van der Waals surface area (Å²) in [6, 6.07) is 0. The second-order valence-corrected chi connectivity index (χ2v) is 19.6. The monoisotopic (exact) mass is 943 g/mol. The van der Waals surface area contributed by atoms with Crippen molar-refractivity contribution < 1.29 is 42.1 Å². The van der Waals surface area contributed by atoms with E-state index in [9.17, 15) is 19.0 Å². The Hall–Kier alpha value is -3.07. The van der Waals surface area contributed by atoms with E-state index in [-0.39, 0.29) is 32.0 Å². The Labute approximate surface area is 404 Å². The lowest BCUT2D eigenvalue weighted by atomic mass is 10.1. The van der Waals surface area contributed by atoms with E-state index in [0.29, 0.717) is 17.4 Å². The molecular weight excluding hydrogens is 846 g/mol. The maximum absolute atomic E-state index is 12.8. The molecule has 0 aliphatic carbocycles. The van der Waals surface area contributed by atoms with Crippen molar-refractivity contribution in [3.05, 3.63) is 97.2 Å². The molecule has 0 aromatic carbocycles. The standard InChI is InChI=1S/C56H96NO8P/c1-6-8-10-12-14-16-18-20-22-24-25-26-27-28-29-30-31-33-35-37-39-41-43-45-47-49-56(59)65-54(53-64-66(60,61)63-51-50-57(3,4)5)52-62-55(58)48-46-44-42-40-38-36-34-32-23-21-19-17-15-13-11-9-7-2/h8,10,14,16,20-23,25-26,28-29,31,33,37,39,54H,6-7,9,11-13,15,17-19,24,27,30,32,34-36,38,40-53H2,1-5H3/p+1/b10-8-,16-14-,22-20-,23-21-,26-25-,29-28-,33-31-,39-37-. The molecule has 0 aliphatic heterocycles. The number of phosphoric acid groups is 1. The van der Waals surface area contributed by atoms with Crippen LogP contribution in [-0.4, -0.2) is 74.9 Å². The van der Waals surface area contributed by atoms with Gasteiger partial charge in [0.1, 0.15) is 19.8 Å². The number of carbonyl (C=O) groups excluding carboxylic acids is 2. The van der Waals surface area contributed by atoms with Gasteiger partial charge in [-0.3, -0.25) is 18.6 Å². The minimum Gasteiger partial charge on any atom is -0.462 e. The summed E-state index contributed by atoms with van der Waals surface area (Å²) < 4.78 is 34.4. The molecule has 0 heterocycles. The number of nitrogens with zero attached hydrogens (tertiary/aromatic N) is 1. The van der Waals surface area contributed by atoms with Crippen LogP contribution < -0.4 is 0 Å². The highest BCUT2D eigenvalue weighted by Gasteiger charge is 2.27. The summed E-state index contributed by atoms with van der Waals surface area (Å²) in [5, 5.41) is 0. The van der Waals surface area contributed by atoms with Crippen LogP contribution in [0.5, 0.6) is 0 Å². The van der Waals surface area contributed by atoms with Crippen LogP contribution in [-0.2, 0) is 32.7 Å². The van der Waals surface area contributed by atoms with Crippen molar-refractivity contribution in [1.29, 1.82) is 0 Å². The van der Waals surface area contributed by atoms with Crippen LogP contribution in [0.2, 0.25) is 0 Å². The Morgan fingerprint density at radius 2 is 0.864 bits per heavy atom. The lowest BCUT2D eigenvalue weighted by Crippen LogP contribution is -2.37. The highest BCUT2D eigenvalue weighted by atomic mass is 31.2. The fourth-order valence-corrected chi connectivity index (χ4v) is 7.32. The third-order valence-electron chi connectivity index (χ3n) is 10.6. The number of allylic oxidation sites excluding steroid dienone is 16. The molecule has 0 aliphatic rings. The number of hydrogen-bond acceptors (Lipinski definition) is 7. The van der Waals surface area contributed by atoms with E-state index in [0.717, 1.165) is 96.3 Å². The van der Waals surface area contributed by atoms with Gasteiger partial charge in [-0.25, -0.2) is 4.57 Å². The van der Waals surface area contributed by atoms with Crippen LogP contribution >= 0.6 is 7.82 Å². The number of ether oxygens (including phenoxy) is 2. The van der Waals surface area contributed by atoms with Crippen molar-refractivity contribution in [1.82, 2.24) is 0 Å². The molecule has 378 valence electrons. The van der Waals surface area contributed by atoms with Crippen LogP contribution in [0.1, 0.15) is 194 Å². The highest BCUT2D eigenvalue weighted by Crippen LogP contribution is 2.43. The third kappa shape index (κ3) is 50.3. The van der Waals surface area contributed by atoms with Gasteiger partial charge in [-0.2, -0.15) is 0 Å². The topological polar surface area (TPSA) is 108 Å². The first-order chi connectivity index (χ1) is 32.0. The number of carbonyl (C=O) groups is 2. The Balaban J connectivity index is 4.36. The third-order valence-corrected chi connectivity index (χ3v) is 11.6. The van der Waals surface area contributed by atoms with E-state index in [1.54, 1.807) is 0 Å². The van der Waals surface area contributed by atoms with E-state index >= 15 is 0 Å². The summed E-state index contributed by atoms with van der Waals surface area (Å²) in [5.41, 5.74) is 0. The van der Waals surface area contributed by atoms with Gasteiger partial charge in [0.25, 0.3) is 0 Å². The predicted octanol–water partition coefficient (Wildman–Crippen LogP) is 15.7. The first kappa shape index (κ1) is 62.9. The zero-order valence-corrected chi connectivity index (χ0v) is 43.5. The van der Waals surface area contributed by atoms with E-state index in [4.69, 9.17) is 18.5 Å². The molecule has 0 spiro atoms. The van der Waals surface area contributed by atoms with Gasteiger partial charge in [0.05, 0.1) is 27.7 Å². The van der Waals surface area contributed by atoms with Crippen LogP contribution in [0.3, 0.4) is 0 Å². The predicted molar refractivity (Wildman–Crippen MR) is 279 cm³/mol. The van der Waals surface area contributed by atoms with Crippen LogP contribution in [0, 0.1) is 0 Å². The zero-order chi connectivity index (χ0) is 48.5. The molecule has 0 amide bonds. The molecule has 2 unspecified atom stereocenters. The van der Waals surface area contributed by atoms with Gasteiger partial charge in [0.15, 0.2) is 6.10 Å². The summed E-state index contributed by atoms with van der Waals surface area (Å²) in [7, 11) is 1.44. The first-order valence-corrected chi connectivity index (χ1v) is 27.5. The van der Waals surface area contributed by atoms with E-state index < -0.39 is 26.5 Å². The van der Waals surface area contributed by atoms with Gasteiger partial charge in [-0.15, -0.1) is 0 Å². The smallest absolute Gasteiger partial charge is 0.462 e. The molecule has 0 fully saturated rings. The number of phosphoric ester groups is 1. The second-order valence-electron chi connectivity index (χ2n) is 18.2. The molecule has 0 aromatic heterocycles. The Kier molecular flexibility index (Phi) is 44.8. The molecule has 66 heavy (non-hydrogen) atoms. The van der Waals surface area contributed by atoms with Gasteiger partial charge in [0, 0.05) is 12.8 Å². The molecule has 0 saturated carbocycles. The molecule has 0 aromatic rings. The van der Waals surface area contributed by atoms with Gasteiger partial charge >= 0.3 is 19.8 Å². The molecule has 0 bridgehead atoms. The maximum atomic E-state index is 12.8. The van der Waals surface area contributed by atoms with Crippen LogP contribution in [0.4, 0.5) is 0 Å². The minimum absolute atomic E-state index is 0.0190. The zero-order valence-electron chi connectivity index (χ0n) is 42.6. The average Bonchev–Trinajstić information content (AvgIpc) is 3.27. The Morgan fingerprint density at radius 1 is 0.485 bits per heavy atom. The largest absolute Gasteiger partial charge is 0.472 e. The van der Waals surface area contributed by atoms with Crippen molar-refractivity contribution in [3.63, 3.8) is 0 Å².